The number of hydrogen-bond acceptors (Lipinski definition) is 3. The number of thiophene rings is 1. The van der Waals surface area contributed by atoms with Crippen LogP contribution in [-0.4, -0.2) is 0 Å². The molecule has 0 fully saturated rings. The van der Waals surface area contributed by atoms with Crippen LogP contribution in [0.15, 0.2) is 40.1 Å². The Morgan fingerprint density at radius 2 is 2.12 bits per heavy atom. The SMILES string of the molecule is Cc1ccc2oc(-c3ccsc3CN)cc2c1. The van der Waals surface area contributed by atoms with Gasteiger partial charge in [0.15, 0.2) is 0 Å². The van der Waals surface area contributed by atoms with E-state index < -0.39 is 0 Å². The summed E-state index contributed by atoms with van der Waals surface area (Å²) in [5.74, 6) is 0.910. The van der Waals surface area contributed by atoms with Crippen molar-refractivity contribution in [2.75, 3.05) is 0 Å². The maximum Gasteiger partial charge on any atom is 0.136 e. The molecule has 3 rings (SSSR count). The summed E-state index contributed by atoms with van der Waals surface area (Å²) in [5, 5.41) is 3.20. The average molecular weight is 243 g/mol. The minimum Gasteiger partial charge on any atom is -0.456 e. The second-order valence-electron chi connectivity index (χ2n) is 4.11. The Morgan fingerprint density at radius 1 is 1.24 bits per heavy atom. The van der Waals surface area contributed by atoms with Crippen LogP contribution < -0.4 is 5.73 Å². The Balaban J connectivity index is 2.18. The van der Waals surface area contributed by atoms with Crippen LogP contribution in [0, 0.1) is 6.92 Å². The third-order valence-electron chi connectivity index (χ3n) is 2.87. The van der Waals surface area contributed by atoms with E-state index >= 15 is 0 Å². The highest BCUT2D eigenvalue weighted by atomic mass is 32.1. The molecule has 0 spiro atoms. The maximum absolute atomic E-state index is 5.86. The van der Waals surface area contributed by atoms with Crippen molar-refractivity contribution in [1.29, 1.82) is 0 Å². The number of nitrogens with two attached hydrogens (primary N) is 1. The van der Waals surface area contributed by atoms with Crippen LogP contribution in [-0.2, 0) is 6.54 Å². The second kappa shape index (κ2) is 4.02. The molecule has 17 heavy (non-hydrogen) atoms. The number of fused-ring (bicyclic) bond motifs is 1. The molecule has 2 aromatic heterocycles. The summed E-state index contributed by atoms with van der Waals surface area (Å²) in [4.78, 5) is 1.17. The quantitative estimate of drug-likeness (QED) is 0.740. The fraction of sp³-hybridized carbons (Fsp3) is 0.143. The first kappa shape index (κ1) is 10.6. The Kier molecular flexibility index (Phi) is 2.50. The average Bonchev–Trinajstić information content (AvgIpc) is 2.93. The van der Waals surface area contributed by atoms with Gasteiger partial charge in [-0.3, -0.25) is 0 Å². The Labute approximate surface area is 104 Å². The lowest BCUT2D eigenvalue weighted by molar-refractivity contribution is 0.631. The summed E-state index contributed by atoms with van der Waals surface area (Å²) in [7, 11) is 0. The van der Waals surface area contributed by atoms with Crippen LogP contribution in [0.5, 0.6) is 0 Å². The first-order chi connectivity index (χ1) is 8.28. The molecular formula is C14H13NOS. The van der Waals surface area contributed by atoms with E-state index in [2.05, 4.69) is 36.6 Å². The van der Waals surface area contributed by atoms with Gasteiger partial charge in [0.2, 0.25) is 0 Å². The van der Waals surface area contributed by atoms with Gasteiger partial charge in [0, 0.05) is 22.4 Å². The standard InChI is InChI=1S/C14H13NOS/c1-9-2-3-12-10(6-9)7-13(16-12)11-4-5-17-14(11)8-15/h2-7H,8,15H2,1H3. The molecule has 2 heterocycles. The van der Waals surface area contributed by atoms with E-state index in [0.29, 0.717) is 6.54 Å². The number of aryl methyl sites for hydroxylation is 1. The van der Waals surface area contributed by atoms with E-state index in [4.69, 9.17) is 10.2 Å². The van der Waals surface area contributed by atoms with Crippen molar-refractivity contribution in [1.82, 2.24) is 0 Å². The van der Waals surface area contributed by atoms with Crippen LogP contribution in [0.1, 0.15) is 10.4 Å². The van der Waals surface area contributed by atoms with E-state index in [1.165, 1.54) is 10.4 Å². The number of furan rings is 1. The lowest BCUT2D eigenvalue weighted by atomic mass is 10.1. The molecule has 0 aliphatic heterocycles. The van der Waals surface area contributed by atoms with E-state index in [1.807, 2.05) is 6.07 Å². The highest BCUT2D eigenvalue weighted by Crippen LogP contribution is 2.32. The minimum absolute atomic E-state index is 0.559. The predicted molar refractivity (Wildman–Crippen MR) is 72.2 cm³/mol. The fourth-order valence-electron chi connectivity index (χ4n) is 2.01. The summed E-state index contributed by atoms with van der Waals surface area (Å²) in [5.41, 5.74) is 9.01. The second-order valence-corrected chi connectivity index (χ2v) is 5.11. The van der Waals surface area contributed by atoms with Gasteiger partial charge in [0.1, 0.15) is 11.3 Å². The van der Waals surface area contributed by atoms with E-state index in [9.17, 15) is 0 Å². The van der Waals surface area contributed by atoms with Crippen LogP contribution in [0.2, 0.25) is 0 Å². The zero-order valence-electron chi connectivity index (χ0n) is 9.57. The monoisotopic (exact) mass is 243 g/mol. The molecule has 2 N–H and O–H groups in total. The third kappa shape index (κ3) is 1.77. The Bertz CT molecular complexity index is 666. The highest BCUT2D eigenvalue weighted by Gasteiger charge is 2.10. The van der Waals surface area contributed by atoms with Gasteiger partial charge >= 0.3 is 0 Å². The van der Waals surface area contributed by atoms with E-state index in [1.54, 1.807) is 11.3 Å². The summed E-state index contributed by atoms with van der Waals surface area (Å²) in [6.45, 7) is 2.64. The van der Waals surface area contributed by atoms with Crippen LogP contribution in [0.25, 0.3) is 22.3 Å². The molecule has 2 nitrogen and oxygen atoms in total. The van der Waals surface area contributed by atoms with Crippen molar-refractivity contribution in [2.45, 2.75) is 13.5 Å². The van der Waals surface area contributed by atoms with Gasteiger partial charge in [-0.05, 0) is 36.6 Å². The number of benzene rings is 1. The molecule has 3 heteroatoms. The Hall–Kier alpha value is -1.58. The number of hydrogen-bond donors (Lipinski definition) is 1. The first-order valence-corrected chi connectivity index (χ1v) is 6.43. The zero-order valence-corrected chi connectivity index (χ0v) is 10.4. The molecule has 0 bridgehead atoms. The fourth-order valence-corrected chi connectivity index (χ4v) is 2.77. The highest BCUT2D eigenvalue weighted by molar-refractivity contribution is 7.10. The van der Waals surface area contributed by atoms with Crippen molar-refractivity contribution in [3.8, 4) is 11.3 Å². The normalized spacial score (nSPS) is 11.2. The molecule has 0 atom stereocenters. The lowest BCUT2D eigenvalue weighted by Crippen LogP contribution is -1.93. The molecule has 0 saturated carbocycles. The van der Waals surface area contributed by atoms with Crippen molar-refractivity contribution in [3.63, 3.8) is 0 Å². The van der Waals surface area contributed by atoms with Crippen molar-refractivity contribution < 1.29 is 4.42 Å². The molecule has 0 aliphatic rings. The molecular weight excluding hydrogens is 230 g/mol. The van der Waals surface area contributed by atoms with E-state index in [-0.39, 0.29) is 0 Å². The minimum atomic E-state index is 0.559. The van der Waals surface area contributed by atoms with Gasteiger partial charge in [-0.25, -0.2) is 0 Å². The van der Waals surface area contributed by atoms with E-state index in [0.717, 1.165) is 22.3 Å². The van der Waals surface area contributed by atoms with Crippen LogP contribution in [0.3, 0.4) is 0 Å². The topological polar surface area (TPSA) is 39.2 Å². The predicted octanol–water partition coefficient (Wildman–Crippen LogP) is 3.93. The number of rotatable bonds is 2. The molecule has 0 saturated heterocycles. The smallest absolute Gasteiger partial charge is 0.136 e. The third-order valence-corrected chi connectivity index (χ3v) is 3.81. The molecule has 3 aromatic rings. The van der Waals surface area contributed by atoms with Gasteiger partial charge in [-0.2, -0.15) is 0 Å². The molecule has 0 radical (unpaired) electrons. The van der Waals surface area contributed by atoms with Gasteiger partial charge in [0.25, 0.3) is 0 Å². The Morgan fingerprint density at radius 3 is 2.94 bits per heavy atom. The summed E-state index contributed by atoms with van der Waals surface area (Å²) < 4.78 is 5.86. The van der Waals surface area contributed by atoms with Gasteiger partial charge in [0.05, 0.1) is 0 Å². The summed E-state index contributed by atoms with van der Waals surface area (Å²) >= 11 is 1.67. The first-order valence-electron chi connectivity index (χ1n) is 5.55. The van der Waals surface area contributed by atoms with Gasteiger partial charge in [-0.1, -0.05) is 11.6 Å². The zero-order chi connectivity index (χ0) is 11.8. The van der Waals surface area contributed by atoms with Crippen molar-refractivity contribution >= 4 is 22.3 Å². The molecule has 0 unspecified atom stereocenters. The van der Waals surface area contributed by atoms with Crippen molar-refractivity contribution in [3.05, 3.63) is 46.2 Å². The molecule has 0 amide bonds. The summed E-state index contributed by atoms with van der Waals surface area (Å²) in [6.07, 6.45) is 0. The molecule has 0 aliphatic carbocycles. The van der Waals surface area contributed by atoms with Crippen LogP contribution in [0.4, 0.5) is 0 Å². The molecule has 86 valence electrons. The lowest BCUT2D eigenvalue weighted by Gasteiger charge is -1.95. The van der Waals surface area contributed by atoms with Crippen molar-refractivity contribution in [2.24, 2.45) is 5.73 Å². The van der Waals surface area contributed by atoms with Gasteiger partial charge in [-0.15, -0.1) is 11.3 Å². The summed E-state index contributed by atoms with van der Waals surface area (Å²) in [6, 6.07) is 10.4. The van der Waals surface area contributed by atoms with Gasteiger partial charge < -0.3 is 10.2 Å². The molecule has 1 aromatic carbocycles. The maximum atomic E-state index is 5.86. The largest absolute Gasteiger partial charge is 0.456 e. The van der Waals surface area contributed by atoms with Crippen LogP contribution >= 0.6 is 11.3 Å².